The smallest absolute Gasteiger partial charge is 0.185 e. The van der Waals surface area contributed by atoms with Crippen LogP contribution in [0.15, 0.2) is 67.8 Å². The zero-order valence-electron chi connectivity index (χ0n) is 18.6. The summed E-state index contributed by atoms with van der Waals surface area (Å²) in [5.74, 6) is 2.12. The van der Waals surface area contributed by atoms with E-state index in [1.807, 2.05) is 24.3 Å². The van der Waals surface area contributed by atoms with Crippen LogP contribution in [0.2, 0.25) is 0 Å². The maximum absolute atomic E-state index is 12.7. The fourth-order valence-corrected chi connectivity index (χ4v) is 2.93. The van der Waals surface area contributed by atoms with Crippen molar-refractivity contribution in [3.63, 3.8) is 0 Å². The van der Waals surface area contributed by atoms with Crippen LogP contribution in [0.4, 0.5) is 0 Å². The molecule has 0 atom stereocenters. The number of carbonyl (C=O) groups is 1. The number of rotatable bonds is 14. The maximum Gasteiger partial charge on any atom is 0.185 e. The van der Waals surface area contributed by atoms with Gasteiger partial charge in [-0.15, -0.1) is 6.58 Å². The van der Waals surface area contributed by atoms with Crippen LogP contribution in [0, 0.1) is 0 Å². The average molecular weight is 421 g/mol. The van der Waals surface area contributed by atoms with E-state index in [0.717, 1.165) is 35.5 Å². The Labute approximate surface area is 185 Å². The average Bonchev–Trinajstić information content (AvgIpc) is 2.80. The summed E-state index contributed by atoms with van der Waals surface area (Å²) in [6, 6.07) is 10.9. The summed E-state index contributed by atoms with van der Waals surface area (Å²) in [4.78, 5) is 12.7. The Morgan fingerprint density at radius 1 is 0.903 bits per heavy atom. The number of hydrogen-bond acceptors (Lipinski definition) is 4. The zero-order chi connectivity index (χ0) is 22.5. The molecule has 2 aromatic rings. The Morgan fingerprint density at radius 2 is 1.61 bits per heavy atom. The zero-order valence-corrected chi connectivity index (χ0v) is 18.6. The van der Waals surface area contributed by atoms with Gasteiger partial charge in [-0.2, -0.15) is 0 Å². The number of allylic oxidation sites excluding steroid dienone is 2. The Hall–Kier alpha value is -3.27. The van der Waals surface area contributed by atoms with Gasteiger partial charge < -0.3 is 14.2 Å². The Kier molecular flexibility index (Phi) is 10.2. The van der Waals surface area contributed by atoms with Crippen LogP contribution >= 0.6 is 0 Å². The van der Waals surface area contributed by atoms with E-state index in [0.29, 0.717) is 37.6 Å². The summed E-state index contributed by atoms with van der Waals surface area (Å²) in [6.07, 6.45) is 9.37. The van der Waals surface area contributed by atoms with Crippen molar-refractivity contribution in [3.8, 4) is 17.2 Å². The molecule has 0 spiro atoms. The lowest BCUT2D eigenvalue weighted by atomic mass is 10.0. The van der Waals surface area contributed by atoms with E-state index in [1.54, 1.807) is 36.4 Å². The van der Waals surface area contributed by atoms with Crippen LogP contribution in [0.3, 0.4) is 0 Å². The van der Waals surface area contributed by atoms with E-state index in [-0.39, 0.29) is 5.78 Å². The lowest BCUT2D eigenvalue weighted by Gasteiger charge is -2.16. The summed E-state index contributed by atoms with van der Waals surface area (Å²) in [5.41, 5.74) is 2.47. The van der Waals surface area contributed by atoms with Gasteiger partial charge >= 0.3 is 0 Å². The highest BCUT2D eigenvalue weighted by atomic mass is 16.5. The third kappa shape index (κ3) is 7.49. The minimum absolute atomic E-state index is 0.0873. The molecule has 0 radical (unpaired) electrons. The quantitative estimate of drug-likeness (QED) is 0.200. The van der Waals surface area contributed by atoms with Crippen molar-refractivity contribution >= 4 is 11.9 Å². The molecule has 0 bridgehead atoms. The summed E-state index contributed by atoms with van der Waals surface area (Å²) >= 11 is 0. The van der Waals surface area contributed by atoms with Gasteiger partial charge in [-0.05, 0) is 61.2 Å². The summed E-state index contributed by atoms with van der Waals surface area (Å²) < 4.78 is 17.3. The van der Waals surface area contributed by atoms with Gasteiger partial charge in [-0.25, -0.2) is 0 Å². The molecule has 0 saturated heterocycles. The van der Waals surface area contributed by atoms with Gasteiger partial charge in [-0.1, -0.05) is 38.7 Å². The van der Waals surface area contributed by atoms with Crippen molar-refractivity contribution in [2.75, 3.05) is 19.8 Å². The Bertz CT molecular complexity index is 894. The van der Waals surface area contributed by atoms with Gasteiger partial charge in [-0.3, -0.25) is 4.79 Å². The minimum atomic E-state index is -0.0873. The monoisotopic (exact) mass is 420 g/mol. The van der Waals surface area contributed by atoms with Crippen LogP contribution < -0.4 is 14.2 Å². The molecular formula is C27H32O4. The largest absolute Gasteiger partial charge is 0.493 e. The molecule has 2 aromatic carbocycles. The van der Waals surface area contributed by atoms with Gasteiger partial charge in [0.25, 0.3) is 0 Å². The van der Waals surface area contributed by atoms with Crippen molar-refractivity contribution in [2.24, 2.45) is 0 Å². The van der Waals surface area contributed by atoms with E-state index in [1.165, 1.54) is 0 Å². The van der Waals surface area contributed by atoms with E-state index < -0.39 is 0 Å². The molecule has 0 aliphatic carbocycles. The molecule has 4 heteroatoms. The molecule has 164 valence electrons. The molecular weight excluding hydrogens is 388 g/mol. The highest BCUT2D eigenvalue weighted by Gasteiger charge is 2.12. The predicted octanol–water partition coefficient (Wildman–Crippen LogP) is 6.45. The number of ether oxygens (including phenoxy) is 3. The molecule has 0 amide bonds. The molecule has 4 nitrogen and oxygen atoms in total. The van der Waals surface area contributed by atoms with E-state index >= 15 is 0 Å². The maximum atomic E-state index is 12.7. The molecule has 0 aliphatic heterocycles. The van der Waals surface area contributed by atoms with E-state index in [4.69, 9.17) is 14.2 Å². The lowest BCUT2D eigenvalue weighted by molar-refractivity contribution is 0.104. The van der Waals surface area contributed by atoms with Crippen LogP contribution in [0.1, 0.15) is 48.2 Å². The molecule has 0 unspecified atom stereocenters. The number of ketones is 1. The van der Waals surface area contributed by atoms with Crippen molar-refractivity contribution < 1.29 is 19.0 Å². The van der Waals surface area contributed by atoms with Gasteiger partial charge in [0.2, 0.25) is 0 Å². The molecule has 0 aliphatic rings. The SMILES string of the molecule is C=CCOc1ccc(C(=O)C=Cc2cc(OCCC)cc(OCCC)c2CC=C)cc1. The topological polar surface area (TPSA) is 44.8 Å². The second-order valence-corrected chi connectivity index (χ2v) is 7.00. The molecule has 0 fully saturated rings. The third-order valence-corrected chi connectivity index (χ3v) is 4.42. The standard InChI is InChI=1S/C27H32O4/c1-5-9-25-22(19-24(30-17-7-3)20-27(25)31-18-8-4)12-15-26(28)21-10-13-23(14-11-21)29-16-6-2/h5-6,10-15,19-20H,1-2,7-9,16-18H2,3-4H3. The summed E-state index contributed by atoms with van der Waals surface area (Å²) in [5, 5.41) is 0. The van der Waals surface area contributed by atoms with Gasteiger partial charge in [0.1, 0.15) is 23.9 Å². The molecule has 31 heavy (non-hydrogen) atoms. The van der Waals surface area contributed by atoms with Gasteiger partial charge in [0, 0.05) is 17.2 Å². The second-order valence-electron chi connectivity index (χ2n) is 7.00. The number of carbonyl (C=O) groups excluding carboxylic acids is 1. The molecule has 0 saturated carbocycles. The highest BCUT2D eigenvalue weighted by molar-refractivity contribution is 6.07. The van der Waals surface area contributed by atoms with Crippen molar-refractivity contribution in [2.45, 2.75) is 33.1 Å². The lowest BCUT2D eigenvalue weighted by Crippen LogP contribution is -2.03. The van der Waals surface area contributed by atoms with Crippen molar-refractivity contribution in [3.05, 3.63) is 84.5 Å². The van der Waals surface area contributed by atoms with Crippen LogP contribution in [0.25, 0.3) is 6.08 Å². The van der Waals surface area contributed by atoms with Crippen molar-refractivity contribution in [1.82, 2.24) is 0 Å². The second kappa shape index (κ2) is 13.1. The Morgan fingerprint density at radius 3 is 2.26 bits per heavy atom. The first-order valence-corrected chi connectivity index (χ1v) is 10.7. The fraction of sp³-hybridized carbons (Fsp3) is 0.296. The van der Waals surface area contributed by atoms with E-state index in [9.17, 15) is 4.79 Å². The Balaban J connectivity index is 2.30. The molecule has 0 heterocycles. The van der Waals surface area contributed by atoms with Crippen LogP contribution in [0.5, 0.6) is 17.2 Å². The first kappa shape index (κ1) is 24.0. The normalized spacial score (nSPS) is 10.6. The van der Waals surface area contributed by atoms with Crippen LogP contribution in [-0.4, -0.2) is 25.6 Å². The summed E-state index contributed by atoms with van der Waals surface area (Å²) in [7, 11) is 0. The highest BCUT2D eigenvalue weighted by Crippen LogP contribution is 2.31. The predicted molar refractivity (Wildman–Crippen MR) is 127 cm³/mol. The third-order valence-electron chi connectivity index (χ3n) is 4.42. The summed E-state index contributed by atoms with van der Waals surface area (Å²) in [6.45, 7) is 13.3. The first-order valence-electron chi connectivity index (χ1n) is 10.7. The van der Waals surface area contributed by atoms with E-state index in [2.05, 4.69) is 27.0 Å². The number of benzene rings is 2. The molecule has 2 rings (SSSR count). The first-order chi connectivity index (χ1) is 15.1. The molecule has 0 N–H and O–H groups in total. The van der Waals surface area contributed by atoms with Crippen LogP contribution in [-0.2, 0) is 6.42 Å². The van der Waals surface area contributed by atoms with Gasteiger partial charge in [0.05, 0.1) is 13.2 Å². The van der Waals surface area contributed by atoms with Crippen molar-refractivity contribution in [1.29, 1.82) is 0 Å². The fourth-order valence-electron chi connectivity index (χ4n) is 2.93. The molecule has 0 aromatic heterocycles. The number of hydrogen-bond donors (Lipinski definition) is 0. The van der Waals surface area contributed by atoms with Gasteiger partial charge in [0.15, 0.2) is 5.78 Å². The minimum Gasteiger partial charge on any atom is -0.493 e.